The molecule has 0 atom stereocenters. The highest BCUT2D eigenvalue weighted by molar-refractivity contribution is 5.94. The van der Waals surface area contributed by atoms with Crippen LogP contribution in [0.3, 0.4) is 0 Å². The number of rotatable bonds is 6. The third-order valence-corrected chi connectivity index (χ3v) is 5.32. The fourth-order valence-corrected chi connectivity index (χ4v) is 3.39. The number of aryl methyl sites for hydroxylation is 2. The van der Waals surface area contributed by atoms with Crippen LogP contribution in [0.2, 0.25) is 0 Å². The third kappa shape index (κ3) is 5.15. The standard InChI is InChI=1S/C29H24O5/c1-19-9-13-22(14-10-19)28(30)33-26-18-24(21-7-5-4-6-8-21)17-25(32-3)27(26)34-29(31)23-15-11-20(2)12-16-23/h4-18H,1-3H3. The summed E-state index contributed by atoms with van der Waals surface area (Å²) in [6.07, 6.45) is 0. The van der Waals surface area contributed by atoms with Crippen LogP contribution in [0.5, 0.6) is 17.2 Å². The molecule has 4 rings (SSSR count). The number of benzene rings is 4. The summed E-state index contributed by atoms with van der Waals surface area (Å²) in [5.41, 5.74) is 4.44. The molecular weight excluding hydrogens is 428 g/mol. The Bertz CT molecular complexity index is 1310. The average Bonchev–Trinajstić information content (AvgIpc) is 2.86. The Morgan fingerprint density at radius 2 is 1.09 bits per heavy atom. The van der Waals surface area contributed by atoms with E-state index < -0.39 is 11.9 Å². The molecule has 0 aliphatic rings. The van der Waals surface area contributed by atoms with Gasteiger partial charge < -0.3 is 14.2 Å². The van der Waals surface area contributed by atoms with E-state index >= 15 is 0 Å². The zero-order chi connectivity index (χ0) is 24.1. The van der Waals surface area contributed by atoms with Gasteiger partial charge in [-0.05, 0) is 61.4 Å². The van der Waals surface area contributed by atoms with Gasteiger partial charge in [0, 0.05) is 0 Å². The molecule has 34 heavy (non-hydrogen) atoms. The van der Waals surface area contributed by atoms with Gasteiger partial charge in [-0.1, -0.05) is 65.7 Å². The maximum atomic E-state index is 12.9. The van der Waals surface area contributed by atoms with Gasteiger partial charge in [-0.15, -0.1) is 0 Å². The average molecular weight is 453 g/mol. The van der Waals surface area contributed by atoms with E-state index in [0.29, 0.717) is 11.1 Å². The molecule has 0 aliphatic heterocycles. The molecule has 0 radical (unpaired) electrons. The number of carbonyl (C=O) groups is 2. The van der Waals surface area contributed by atoms with E-state index in [4.69, 9.17) is 14.2 Å². The van der Waals surface area contributed by atoms with Crippen LogP contribution in [-0.4, -0.2) is 19.0 Å². The minimum absolute atomic E-state index is 0.0354. The molecule has 0 saturated heterocycles. The second-order valence-corrected chi connectivity index (χ2v) is 7.88. The van der Waals surface area contributed by atoms with Gasteiger partial charge in [0.15, 0.2) is 11.5 Å². The van der Waals surface area contributed by atoms with Gasteiger partial charge in [0.25, 0.3) is 0 Å². The smallest absolute Gasteiger partial charge is 0.343 e. The molecule has 0 aliphatic carbocycles. The summed E-state index contributed by atoms with van der Waals surface area (Å²) in [4.78, 5) is 25.8. The predicted octanol–water partition coefficient (Wildman–Crippen LogP) is 6.42. The third-order valence-electron chi connectivity index (χ3n) is 5.32. The summed E-state index contributed by atoms with van der Waals surface area (Å²) in [6.45, 7) is 3.87. The normalized spacial score (nSPS) is 10.4. The van der Waals surface area contributed by atoms with Crippen molar-refractivity contribution in [3.8, 4) is 28.4 Å². The number of methoxy groups -OCH3 is 1. The SMILES string of the molecule is COc1cc(-c2ccccc2)cc(OC(=O)c2ccc(C)cc2)c1OC(=O)c1ccc(C)cc1. The minimum atomic E-state index is -0.585. The first-order valence-electron chi connectivity index (χ1n) is 10.8. The maximum Gasteiger partial charge on any atom is 0.343 e. The number of ether oxygens (including phenoxy) is 3. The highest BCUT2D eigenvalue weighted by atomic mass is 16.6. The Labute approximate surface area is 198 Å². The molecule has 0 aromatic heterocycles. The first-order chi connectivity index (χ1) is 16.4. The van der Waals surface area contributed by atoms with E-state index in [1.165, 1.54) is 7.11 Å². The number of hydrogen-bond acceptors (Lipinski definition) is 5. The lowest BCUT2D eigenvalue weighted by molar-refractivity contribution is 0.0678. The Hall–Kier alpha value is -4.38. The lowest BCUT2D eigenvalue weighted by Crippen LogP contribution is -2.13. The second-order valence-electron chi connectivity index (χ2n) is 7.88. The van der Waals surface area contributed by atoms with E-state index in [1.54, 1.807) is 36.4 Å². The first kappa shape index (κ1) is 22.8. The van der Waals surface area contributed by atoms with E-state index in [2.05, 4.69) is 0 Å². The summed E-state index contributed by atoms with van der Waals surface area (Å²) < 4.78 is 17.0. The summed E-state index contributed by atoms with van der Waals surface area (Å²) in [6, 6.07) is 27.0. The largest absolute Gasteiger partial charge is 0.493 e. The van der Waals surface area contributed by atoms with Gasteiger partial charge in [-0.25, -0.2) is 9.59 Å². The molecule has 0 N–H and O–H groups in total. The van der Waals surface area contributed by atoms with Gasteiger partial charge >= 0.3 is 11.9 Å². The quantitative estimate of drug-likeness (QED) is 0.250. The van der Waals surface area contributed by atoms with Crippen LogP contribution in [0.4, 0.5) is 0 Å². The van der Waals surface area contributed by atoms with E-state index in [1.807, 2.05) is 68.4 Å². The van der Waals surface area contributed by atoms with E-state index in [0.717, 1.165) is 22.3 Å². The molecule has 170 valence electrons. The number of hydrogen-bond donors (Lipinski definition) is 0. The molecule has 4 aromatic rings. The van der Waals surface area contributed by atoms with Crippen LogP contribution in [-0.2, 0) is 0 Å². The molecular formula is C29H24O5. The molecule has 0 amide bonds. The van der Waals surface area contributed by atoms with Crippen LogP contribution < -0.4 is 14.2 Å². The van der Waals surface area contributed by atoms with Gasteiger partial charge in [0.2, 0.25) is 5.75 Å². The van der Waals surface area contributed by atoms with Gasteiger partial charge in [-0.2, -0.15) is 0 Å². The van der Waals surface area contributed by atoms with Gasteiger partial charge in [-0.3, -0.25) is 0 Å². The van der Waals surface area contributed by atoms with Crippen molar-refractivity contribution in [1.29, 1.82) is 0 Å². The highest BCUT2D eigenvalue weighted by Crippen LogP contribution is 2.42. The van der Waals surface area contributed by atoms with Crippen molar-refractivity contribution >= 4 is 11.9 Å². The van der Waals surface area contributed by atoms with Crippen molar-refractivity contribution in [3.05, 3.63) is 113 Å². The van der Waals surface area contributed by atoms with Crippen LogP contribution in [0, 0.1) is 13.8 Å². The van der Waals surface area contributed by atoms with Crippen LogP contribution in [0.15, 0.2) is 91.0 Å². The Kier molecular flexibility index (Phi) is 6.74. The maximum absolute atomic E-state index is 12.9. The van der Waals surface area contributed by atoms with E-state index in [-0.39, 0.29) is 17.2 Å². The van der Waals surface area contributed by atoms with Crippen molar-refractivity contribution in [3.63, 3.8) is 0 Å². The molecule has 0 bridgehead atoms. The minimum Gasteiger partial charge on any atom is -0.493 e. The van der Waals surface area contributed by atoms with Crippen molar-refractivity contribution < 1.29 is 23.8 Å². The molecule has 0 fully saturated rings. The fraction of sp³-hybridized carbons (Fsp3) is 0.103. The Morgan fingerprint density at radius 1 is 0.588 bits per heavy atom. The molecule has 0 unspecified atom stereocenters. The predicted molar refractivity (Wildman–Crippen MR) is 131 cm³/mol. The molecule has 5 heteroatoms. The zero-order valence-corrected chi connectivity index (χ0v) is 19.2. The summed E-state index contributed by atoms with van der Waals surface area (Å²) in [5, 5.41) is 0. The van der Waals surface area contributed by atoms with E-state index in [9.17, 15) is 9.59 Å². The lowest BCUT2D eigenvalue weighted by Gasteiger charge is -2.16. The number of carbonyl (C=O) groups excluding carboxylic acids is 2. The second kappa shape index (κ2) is 10.0. The van der Waals surface area contributed by atoms with Crippen LogP contribution >= 0.6 is 0 Å². The van der Waals surface area contributed by atoms with Gasteiger partial charge in [0.1, 0.15) is 0 Å². The van der Waals surface area contributed by atoms with Crippen molar-refractivity contribution in [2.24, 2.45) is 0 Å². The Morgan fingerprint density at radius 3 is 1.62 bits per heavy atom. The Balaban J connectivity index is 1.76. The topological polar surface area (TPSA) is 61.8 Å². The lowest BCUT2D eigenvalue weighted by atomic mass is 10.0. The first-order valence-corrected chi connectivity index (χ1v) is 10.8. The fourth-order valence-electron chi connectivity index (χ4n) is 3.39. The van der Waals surface area contributed by atoms with Crippen LogP contribution in [0.25, 0.3) is 11.1 Å². The molecule has 5 nitrogen and oxygen atoms in total. The van der Waals surface area contributed by atoms with Gasteiger partial charge in [0.05, 0.1) is 18.2 Å². The molecule has 0 heterocycles. The monoisotopic (exact) mass is 452 g/mol. The van der Waals surface area contributed by atoms with Crippen molar-refractivity contribution in [2.45, 2.75) is 13.8 Å². The summed E-state index contributed by atoms with van der Waals surface area (Å²) in [5.74, 6) is -0.760. The van der Waals surface area contributed by atoms with Crippen LogP contribution in [0.1, 0.15) is 31.8 Å². The van der Waals surface area contributed by atoms with Crippen molar-refractivity contribution in [1.82, 2.24) is 0 Å². The van der Waals surface area contributed by atoms with Crippen molar-refractivity contribution in [2.75, 3.05) is 7.11 Å². The molecule has 0 saturated carbocycles. The zero-order valence-electron chi connectivity index (χ0n) is 19.2. The number of esters is 2. The molecule has 0 spiro atoms. The molecule has 4 aromatic carbocycles. The summed E-state index contributed by atoms with van der Waals surface area (Å²) >= 11 is 0. The summed E-state index contributed by atoms with van der Waals surface area (Å²) in [7, 11) is 1.47. The highest BCUT2D eigenvalue weighted by Gasteiger charge is 2.22.